The van der Waals surface area contributed by atoms with E-state index < -0.39 is 0 Å². The zero-order valence-corrected chi connectivity index (χ0v) is 16.4. The molecule has 5 nitrogen and oxygen atoms in total. The summed E-state index contributed by atoms with van der Waals surface area (Å²) in [6.07, 6.45) is 3.87. The molecule has 0 spiro atoms. The summed E-state index contributed by atoms with van der Waals surface area (Å²) in [5, 5.41) is 4.07. The van der Waals surface area contributed by atoms with Crippen molar-refractivity contribution in [2.24, 2.45) is 5.92 Å². The third kappa shape index (κ3) is 6.43. The molecule has 27 heavy (non-hydrogen) atoms. The molecule has 1 aromatic heterocycles. The first-order valence-electron chi connectivity index (χ1n) is 9.51. The van der Waals surface area contributed by atoms with Crippen LogP contribution in [0.25, 0.3) is 0 Å². The van der Waals surface area contributed by atoms with Gasteiger partial charge in [0.1, 0.15) is 17.8 Å². The van der Waals surface area contributed by atoms with E-state index in [4.69, 9.17) is 9.26 Å². The number of methoxy groups -OCH3 is 1. The molecule has 1 aliphatic rings. The Morgan fingerprint density at radius 3 is 2.44 bits per heavy atom. The van der Waals surface area contributed by atoms with Crippen LogP contribution >= 0.6 is 0 Å². The van der Waals surface area contributed by atoms with Crippen LogP contribution in [0.15, 0.2) is 40.9 Å². The average molecular weight is 371 g/mol. The summed E-state index contributed by atoms with van der Waals surface area (Å²) >= 11 is 0. The van der Waals surface area contributed by atoms with Crippen LogP contribution in [0, 0.1) is 5.92 Å². The summed E-state index contributed by atoms with van der Waals surface area (Å²) in [6, 6.07) is 12.0. The smallest absolute Gasteiger partial charge is 0.147 e. The summed E-state index contributed by atoms with van der Waals surface area (Å²) in [7, 11) is 1.70. The molecule has 0 saturated heterocycles. The predicted octanol–water partition coefficient (Wildman–Crippen LogP) is 4.67. The number of aldehydes is 1. The molecule has 0 radical (unpaired) electrons. The average Bonchev–Trinajstić information content (AvgIpc) is 3.14. The third-order valence-electron chi connectivity index (χ3n) is 4.86. The Bertz CT molecular complexity index is 698. The van der Waals surface area contributed by atoms with E-state index in [2.05, 4.69) is 5.16 Å². The molecule has 1 aromatic carbocycles. The first-order chi connectivity index (χ1) is 13.0. The first kappa shape index (κ1) is 21.0. The number of carbonyl (C=O) groups is 2. The lowest BCUT2D eigenvalue weighted by molar-refractivity contribution is -0.120. The minimum Gasteiger partial charge on any atom is -0.380 e. The molecule has 3 rings (SSSR count). The van der Waals surface area contributed by atoms with E-state index in [1.165, 1.54) is 5.56 Å². The molecule has 1 heterocycles. The van der Waals surface area contributed by atoms with Crippen LogP contribution in [-0.4, -0.2) is 24.3 Å². The van der Waals surface area contributed by atoms with E-state index in [1.807, 2.05) is 50.2 Å². The highest BCUT2D eigenvalue weighted by atomic mass is 16.5. The SMILES string of the molecule is CC(C)C(C=O)c1cc(C2CCC(=O)CC2)no1.COCc1ccccc1. The fraction of sp³-hybridized carbons (Fsp3) is 0.500. The maximum absolute atomic E-state index is 11.2. The van der Waals surface area contributed by atoms with Crippen molar-refractivity contribution in [1.82, 2.24) is 5.16 Å². The molecule has 5 heteroatoms. The number of aromatic nitrogens is 1. The fourth-order valence-electron chi connectivity index (χ4n) is 3.18. The lowest BCUT2D eigenvalue weighted by Crippen LogP contribution is -2.12. The third-order valence-corrected chi connectivity index (χ3v) is 4.86. The highest BCUT2D eigenvalue weighted by Crippen LogP contribution is 2.32. The number of ether oxygens (including phenoxy) is 1. The van der Waals surface area contributed by atoms with Crippen molar-refractivity contribution < 1.29 is 18.8 Å². The van der Waals surface area contributed by atoms with Gasteiger partial charge in [-0.3, -0.25) is 4.79 Å². The maximum Gasteiger partial charge on any atom is 0.147 e. The number of nitrogens with zero attached hydrogens (tertiary/aromatic N) is 1. The Kier molecular flexibility index (Phi) is 8.40. The van der Waals surface area contributed by atoms with Crippen LogP contribution < -0.4 is 0 Å². The van der Waals surface area contributed by atoms with Gasteiger partial charge < -0.3 is 14.1 Å². The monoisotopic (exact) mass is 371 g/mol. The maximum atomic E-state index is 11.2. The molecule has 0 N–H and O–H groups in total. The molecular weight excluding hydrogens is 342 g/mol. The Labute approximate surface area is 161 Å². The van der Waals surface area contributed by atoms with Gasteiger partial charge in [0, 0.05) is 31.9 Å². The topological polar surface area (TPSA) is 69.4 Å². The van der Waals surface area contributed by atoms with Gasteiger partial charge in [0.05, 0.1) is 18.2 Å². The number of carbonyl (C=O) groups excluding carboxylic acids is 2. The van der Waals surface area contributed by atoms with Crippen molar-refractivity contribution in [3.63, 3.8) is 0 Å². The van der Waals surface area contributed by atoms with Gasteiger partial charge in [-0.1, -0.05) is 49.3 Å². The normalized spacial score (nSPS) is 15.9. The van der Waals surface area contributed by atoms with Crippen LogP contribution in [0.2, 0.25) is 0 Å². The second-order valence-electron chi connectivity index (χ2n) is 7.29. The van der Waals surface area contributed by atoms with Gasteiger partial charge in [-0.05, 0) is 24.3 Å². The Morgan fingerprint density at radius 2 is 1.89 bits per heavy atom. The molecular formula is C22H29NO4. The van der Waals surface area contributed by atoms with E-state index in [0.29, 0.717) is 36.9 Å². The van der Waals surface area contributed by atoms with E-state index in [1.54, 1.807) is 7.11 Å². The van der Waals surface area contributed by atoms with E-state index in [-0.39, 0.29) is 11.8 Å². The van der Waals surface area contributed by atoms with Gasteiger partial charge in [0.2, 0.25) is 0 Å². The summed E-state index contributed by atoms with van der Waals surface area (Å²) in [5.41, 5.74) is 2.12. The van der Waals surface area contributed by atoms with Crippen LogP contribution in [0.5, 0.6) is 0 Å². The summed E-state index contributed by atoms with van der Waals surface area (Å²) < 4.78 is 10.2. The molecule has 1 unspecified atom stereocenters. The number of benzene rings is 1. The Morgan fingerprint density at radius 1 is 1.22 bits per heavy atom. The molecule has 1 fully saturated rings. The van der Waals surface area contributed by atoms with Crippen molar-refractivity contribution in [1.29, 1.82) is 0 Å². The van der Waals surface area contributed by atoms with Gasteiger partial charge in [-0.25, -0.2) is 0 Å². The van der Waals surface area contributed by atoms with Crippen molar-refractivity contribution >= 4 is 12.1 Å². The van der Waals surface area contributed by atoms with Crippen molar-refractivity contribution in [2.75, 3.05) is 7.11 Å². The largest absolute Gasteiger partial charge is 0.380 e. The molecule has 1 aliphatic carbocycles. The fourth-order valence-corrected chi connectivity index (χ4v) is 3.18. The first-order valence-corrected chi connectivity index (χ1v) is 9.51. The number of Topliss-reactive ketones (excluding diaryl/α,β-unsaturated/α-hetero) is 1. The van der Waals surface area contributed by atoms with Gasteiger partial charge in [0.25, 0.3) is 0 Å². The molecule has 1 atom stereocenters. The minimum atomic E-state index is -0.225. The van der Waals surface area contributed by atoms with Crippen molar-refractivity contribution in [3.8, 4) is 0 Å². The molecule has 146 valence electrons. The van der Waals surface area contributed by atoms with E-state index >= 15 is 0 Å². The standard InChI is InChI=1S/C14H19NO3.C8H10O/c1-9(2)12(8-16)14-7-13(15-18-14)10-3-5-11(17)6-4-10;1-9-7-8-5-3-2-4-6-8/h7-10,12H,3-6H2,1-2H3;2-6H,7H2,1H3. The van der Waals surface area contributed by atoms with Gasteiger partial charge in [0.15, 0.2) is 0 Å². The zero-order valence-electron chi connectivity index (χ0n) is 16.4. The minimum absolute atomic E-state index is 0.205. The Hall–Kier alpha value is -2.27. The summed E-state index contributed by atoms with van der Waals surface area (Å²) in [4.78, 5) is 22.2. The number of rotatable bonds is 6. The molecule has 1 saturated carbocycles. The van der Waals surface area contributed by atoms with Crippen LogP contribution in [0.4, 0.5) is 0 Å². The van der Waals surface area contributed by atoms with Gasteiger partial charge >= 0.3 is 0 Å². The van der Waals surface area contributed by atoms with E-state index in [0.717, 1.165) is 24.8 Å². The lowest BCUT2D eigenvalue weighted by Gasteiger charge is -2.17. The number of hydrogen-bond donors (Lipinski definition) is 0. The van der Waals surface area contributed by atoms with Crippen LogP contribution in [-0.2, 0) is 20.9 Å². The highest BCUT2D eigenvalue weighted by molar-refractivity contribution is 5.79. The molecule has 0 amide bonds. The van der Waals surface area contributed by atoms with Crippen molar-refractivity contribution in [2.45, 2.75) is 58.0 Å². The summed E-state index contributed by atoms with van der Waals surface area (Å²) in [6.45, 7) is 4.68. The molecule has 2 aromatic rings. The second-order valence-corrected chi connectivity index (χ2v) is 7.29. The number of ketones is 1. The van der Waals surface area contributed by atoms with Gasteiger partial charge in [-0.15, -0.1) is 0 Å². The van der Waals surface area contributed by atoms with Crippen LogP contribution in [0.1, 0.15) is 68.4 Å². The van der Waals surface area contributed by atoms with E-state index in [9.17, 15) is 9.59 Å². The number of hydrogen-bond acceptors (Lipinski definition) is 5. The lowest BCUT2D eigenvalue weighted by atomic mass is 9.85. The molecule has 0 aliphatic heterocycles. The quantitative estimate of drug-likeness (QED) is 0.690. The van der Waals surface area contributed by atoms with Crippen molar-refractivity contribution in [3.05, 3.63) is 53.4 Å². The highest BCUT2D eigenvalue weighted by Gasteiger charge is 2.26. The summed E-state index contributed by atoms with van der Waals surface area (Å²) in [5.74, 6) is 1.27. The van der Waals surface area contributed by atoms with Crippen LogP contribution in [0.3, 0.4) is 0 Å². The second kappa shape index (κ2) is 10.8. The zero-order chi connectivity index (χ0) is 19.6. The predicted molar refractivity (Wildman–Crippen MR) is 104 cm³/mol. The molecule has 0 bridgehead atoms. The Balaban J connectivity index is 0.000000244. The van der Waals surface area contributed by atoms with Gasteiger partial charge in [-0.2, -0.15) is 0 Å².